The number of carbonyl (C=O) groups is 1. The van der Waals surface area contributed by atoms with Crippen molar-refractivity contribution in [2.24, 2.45) is 0 Å². The molecule has 0 aliphatic heterocycles. The van der Waals surface area contributed by atoms with Crippen LogP contribution < -0.4 is 4.74 Å². The first-order valence-corrected chi connectivity index (χ1v) is 8.61. The second kappa shape index (κ2) is 5.91. The Morgan fingerprint density at radius 3 is 2.25 bits per heavy atom. The lowest BCUT2D eigenvalue weighted by Gasteiger charge is -2.20. The van der Waals surface area contributed by atoms with Crippen LogP contribution in [-0.4, -0.2) is 27.1 Å². The fourth-order valence-electron chi connectivity index (χ4n) is 1.40. The van der Waals surface area contributed by atoms with Gasteiger partial charge in [-0.15, -0.1) is 0 Å². The summed E-state index contributed by atoms with van der Waals surface area (Å²) in [4.78, 5) is 11.7. The fourth-order valence-corrected chi connectivity index (χ4v) is 3.18. The number of ether oxygens (including phenoxy) is 2. The fraction of sp³-hybridized carbons (Fsp3) is 0.417. The van der Waals surface area contributed by atoms with E-state index in [2.05, 4.69) is 15.9 Å². The summed E-state index contributed by atoms with van der Waals surface area (Å²) in [5.41, 5.74) is -0.629. The van der Waals surface area contributed by atoms with Crippen molar-refractivity contribution in [3.05, 3.63) is 22.2 Å². The largest absolute Gasteiger partial charge is 0.494 e. The van der Waals surface area contributed by atoms with Crippen molar-refractivity contribution >= 4 is 41.6 Å². The summed E-state index contributed by atoms with van der Waals surface area (Å²) in [6.07, 6.45) is 0. The third-order valence-corrected chi connectivity index (χ3v) is 4.03. The highest BCUT2D eigenvalue weighted by Gasteiger charge is 2.25. The van der Waals surface area contributed by atoms with Gasteiger partial charge in [-0.3, -0.25) is 0 Å². The summed E-state index contributed by atoms with van der Waals surface area (Å²) in [6.45, 7) is 5.13. The molecule has 0 aromatic heterocycles. The van der Waals surface area contributed by atoms with Crippen LogP contribution in [0.4, 0.5) is 0 Å². The van der Waals surface area contributed by atoms with E-state index in [0.717, 1.165) is 6.07 Å². The molecule has 0 saturated carbocycles. The van der Waals surface area contributed by atoms with Gasteiger partial charge in [-0.1, -0.05) is 0 Å². The highest BCUT2D eigenvalue weighted by atomic mass is 79.9. The number of methoxy groups -OCH3 is 1. The number of hydrogen-bond donors (Lipinski definition) is 0. The van der Waals surface area contributed by atoms with Crippen LogP contribution in [0.15, 0.2) is 21.5 Å². The summed E-state index contributed by atoms with van der Waals surface area (Å²) in [7, 11) is 2.59. The third kappa shape index (κ3) is 4.36. The minimum Gasteiger partial charge on any atom is -0.494 e. The van der Waals surface area contributed by atoms with Gasteiger partial charge in [0, 0.05) is 10.7 Å². The average molecular weight is 386 g/mol. The highest BCUT2D eigenvalue weighted by Crippen LogP contribution is 2.35. The second-order valence-corrected chi connectivity index (χ2v) is 8.32. The molecule has 1 rings (SSSR count). The molecule has 0 aliphatic carbocycles. The normalized spacial score (nSPS) is 12.1. The van der Waals surface area contributed by atoms with Crippen LogP contribution in [0.1, 0.15) is 31.1 Å². The first-order valence-electron chi connectivity index (χ1n) is 5.51. The van der Waals surface area contributed by atoms with E-state index in [0.29, 0.717) is 4.47 Å². The summed E-state index contributed by atoms with van der Waals surface area (Å²) < 4.78 is 33.5. The molecule has 0 atom stereocenters. The van der Waals surface area contributed by atoms with Crippen LogP contribution in [0.5, 0.6) is 5.75 Å². The molecule has 0 radical (unpaired) electrons. The molecule has 0 saturated heterocycles. The topological polar surface area (TPSA) is 69.7 Å². The van der Waals surface area contributed by atoms with Crippen molar-refractivity contribution in [3.8, 4) is 5.75 Å². The summed E-state index contributed by atoms with van der Waals surface area (Å²) in [6, 6.07) is 2.54. The zero-order valence-corrected chi connectivity index (χ0v) is 14.5. The quantitative estimate of drug-likeness (QED) is 0.589. The van der Waals surface area contributed by atoms with E-state index in [9.17, 15) is 13.2 Å². The molecule has 0 amide bonds. The standard InChI is InChI=1S/C12H14BrClO5S/c1-12(2,3)19-11(15)7-5-8(13)10(18-4)9(6-7)20(14,16)17/h5-6H,1-4H3. The molecule has 0 heterocycles. The van der Waals surface area contributed by atoms with Crippen LogP contribution in [0.25, 0.3) is 0 Å². The summed E-state index contributed by atoms with van der Waals surface area (Å²) >= 11 is 3.14. The SMILES string of the molecule is COc1c(Br)cc(C(=O)OC(C)(C)C)cc1S(=O)(=O)Cl. The van der Waals surface area contributed by atoms with E-state index in [-0.39, 0.29) is 16.2 Å². The molecule has 5 nitrogen and oxygen atoms in total. The lowest BCUT2D eigenvalue weighted by molar-refractivity contribution is 0.00691. The highest BCUT2D eigenvalue weighted by molar-refractivity contribution is 9.10. The predicted octanol–water partition coefficient (Wildman–Crippen LogP) is 3.34. The van der Waals surface area contributed by atoms with E-state index in [4.69, 9.17) is 20.2 Å². The second-order valence-electron chi connectivity index (χ2n) is 4.93. The van der Waals surface area contributed by atoms with Gasteiger partial charge >= 0.3 is 5.97 Å². The molecular formula is C12H14BrClO5S. The summed E-state index contributed by atoms with van der Waals surface area (Å²) in [5, 5.41) is 0. The number of rotatable bonds is 3. The van der Waals surface area contributed by atoms with Crippen molar-refractivity contribution in [1.82, 2.24) is 0 Å². The monoisotopic (exact) mass is 384 g/mol. The molecule has 0 N–H and O–H groups in total. The van der Waals surface area contributed by atoms with Crippen LogP contribution >= 0.6 is 26.6 Å². The number of carbonyl (C=O) groups excluding carboxylic acids is 1. The Morgan fingerprint density at radius 2 is 1.85 bits per heavy atom. The lowest BCUT2D eigenvalue weighted by Crippen LogP contribution is -2.24. The average Bonchev–Trinajstić information content (AvgIpc) is 2.24. The predicted molar refractivity (Wildman–Crippen MR) is 78.9 cm³/mol. The molecule has 112 valence electrons. The van der Waals surface area contributed by atoms with Gasteiger partial charge in [-0.05, 0) is 48.8 Å². The van der Waals surface area contributed by atoms with Gasteiger partial charge in [0.1, 0.15) is 10.5 Å². The van der Waals surface area contributed by atoms with Crippen molar-refractivity contribution in [3.63, 3.8) is 0 Å². The molecule has 0 spiro atoms. The van der Waals surface area contributed by atoms with Crippen LogP contribution in [0.3, 0.4) is 0 Å². The van der Waals surface area contributed by atoms with Gasteiger partial charge in [-0.25, -0.2) is 13.2 Å². The molecule has 1 aromatic carbocycles. The van der Waals surface area contributed by atoms with E-state index in [1.807, 2.05) is 0 Å². The minimum atomic E-state index is -4.06. The summed E-state index contributed by atoms with van der Waals surface area (Å²) in [5.74, 6) is -0.616. The molecule has 0 fully saturated rings. The number of benzene rings is 1. The lowest BCUT2D eigenvalue weighted by atomic mass is 10.1. The van der Waals surface area contributed by atoms with Crippen LogP contribution in [-0.2, 0) is 13.8 Å². The van der Waals surface area contributed by atoms with Crippen molar-refractivity contribution in [2.45, 2.75) is 31.3 Å². The number of halogens is 2. The zero-order chi connectivity index (χ0) is 15.7. The van der Waals surface area contributed by atoms with Crippen molar-refractivity contribution in [1.29, 1.82) is 0 Å². The molecule has 0 unspecified atom stereocenters. The van der Waals surface area contributed by atoms with E-state index < -0.39 is 20.6 Å². The van der Waals surface area contributed by atoms with Crippen molar-refractivity contribution in [2.75, 3.05) is 7.11 Å². The first kappa shape index (κ1) is 17.3. The van der Waals surface area contributed by atoms with Gasteiger partial charge in [0.2, 0.25) is 0 Å². The number of esters is 1. The molecular weight excluding hydrogens is 372 g/mol. The maximum atomic E-state index is 12.0. The zero-order valence-electron chi connectivity index (χ0n) is 11.4. The Morgan fingerprint density at radius 1 is 1.30 bits per heavy atom. The Kier molecular flexibility index (Phi) is 5.10. The first-order chi connectivity index (χ1) is 8.95. The maximum Gasteiger partial charge on any atom is 0.338 e. The smallest absolute Gasteiger partial charge is 0.338 e. The van der Waals surface area contributed by atoms with Crippen LogP contribution in [0, 0.1) is 0 Å². The molecule has 0 aliphatic rings. The third-order valence-electron chi connectivity index (χ3n) is 2.11. The molecule has 1 aromatic rings. The Balaban J connectivity index is 3.39. The molecule has 8 heteroatoms. The van der Waals surface area contributed by atoms with Gasteiger partial charge in [0.15, 0.2) is 5.75 Å². The Labute approximate surface area is 130 Å². The molecule has 0 bridgehead atoms. The van der Waals surface area contributed by atoms with Crippen LogP contribution in [0.2, 0.25) is 0 Å². The van der Waals surface area contributed by atoms with Gasteiger partial charge < -0.3 is 9.47 Å². The van der Waals surface area contributed by atoms with Gasteiger partial charge in [0.25, 0.3) is 9.05 Å². The minimum absolute atomic E-state index is 0.0345. The maximum absolute atomic E-state index is 12.0. The van der Waals surface area contributed by atoms with Gasteiger partial charge in [0.05, 0.1) is 17.1 Å². The Hall–Kier alpha value is -0.790. The Bertz CT molecular complexity index is 634. The van der Waals surface area contributed by atoms with Crippen molar-refractivity contribution < 1.29 is 22.7 Å². The van der Waals surface area contributed by atoms with Gasteiger partial charge in [-0.2, -0.15) is 0 Å². The van der Waals surface area contributed by atoms with E-state index >= 15 is 0 Å². The molecule has 20 heavy (non-hydrogen) atoms. The van der Waals surface area contributed by atoms with E-state index in [1.165, 1.54) is 13.2 Å². The van der Waals surface area contributed by atoms with E-state index in [1.54, 1.807) is 20.8 Å². The number of hydrogen-bond acceptors (Lipinski definition) is 5.